The van der Waals surface area contributed by atoms with Crippen LogP contribution in [-0.2, 0) is 17.8 Å². The van der Waals surface area contributed by atoms with Gasteiger partial charge in [0.15, 0.2) is 0 Å². The summed E-state index contributed by atoms with van der Waals surface area (Å²) in [6.07, 6.45) is 5.68. The van der Waals surface area contributed by atoms with Gasteiger partial charge in [0.25, 0.3) is 0 Å². The van der Waals surface area contributed by atoms with Crippen molar-refractivity contribution >= 4 is 5.91 Å². The van der Waals surface area contributed by atoms with Crippen LogP contribution in [0.2, 0.25) is 0 Å². The first-order valence-corrected chi connectivity index (χ1v) is 11.5. The summed E-state index contributed by atoms with van der Waals surface area (Å²) < 4.78 is 5.57. The third kappa shape index (κ3) is 5.73. The number of hydrogen-bond donors (Lipinski definition) is 1. The topological polar surface area (TPSA) is 48.7 Å². The lowest BCUT2D eigenvalue weighted by atomic mass is 9.93. The molecule has 1 N–H and O–H groups in total. The van der Waals surface area contributed by atoms with Crippen LogP contribution in [0.3, 0.4) is 0 Å². The van der Waals surface area contributed by atoms with E-state index in [9.17, 15) is 4.79 Å². The highest BCUT2D eigenvalue weighted by Gasteiger charge is 2.31. The van der Waals surface area contributed by atoms with E-state index in [0.29, 0.717) is 12.6 Å². The van der Waals surface area contributed by atoms with Crippen molar-refractivity contribution in [2.24, 2.45) is 5.92 Å². The number of nitrogens with zero attached hydrogens (tertiary/aromatic N) is 2. The first-order chi connectivity index (χ1) is 14.7. The fraction of sp³-hybridized carbons (Fsp3) is 0.560. The molecule has 30 heavy (non-hydrogen) atoms. The highest BCUT2D eigenvalue weighted by atomic mass is 16.3. The van der Waals surface area contributed by atoms with Crippen molar-refractivity contribution in [3.63, 3.8) is 0 Å². The van der Waals surface area contributed by atoms with Gasteiger partial charge in [-0.05, 0) is 76.4 Å². The Bertz CT molecular complexity index is 796. The third-order valence-electron chi connectivity index (χ3n) is 6.69. The van der Waals surface area contributed by atoms with Crippen molar-refractivity contribution in [1.29, 1.82) is 0 Å². The van der Waals surface area contributed by atoms with E-state index in [0.717, 1.165) is 50.4 Å². The zero-order valence-electron chi connectivity index (χ0n) is 18.2. The van der Waals surface area contributed by atoms with Crippen LogP contribution in [0.15, 0.2) is 46.9 Å². The molecule has 2 aliphatic rings. The van der Waals surface area contributed by atoms with E-state index in [1.807, 2.05) is 19.1 Å². The number of furan rings is 1. The molecule has 0 radical (unpaired) electrons. The number of piperidine rings is 2. The second-order valence-corrected chi connectivity index (χ2v) is 8.87. The lowest BCUT2D eigenvalue weighted by Gasteiger charge is -2.42. The van der Waals surface area contributed by atoms with Crippen LogP contribution in [0.1, 0.15) is 42.8 Å². The zero-order valence-corrected chi connectivity index (χ0v) is 18.2. The predicted octanol–water partition coefficient (Wildman–Crippen LogP) is 3.62. The summed E-state index contributed by atoms with van der Waals surface area (Å²) in [6, 6.07) is 15.3. The summed E-state index contributed by atoms with van der Waals surface area (Å²) in [5, 5.41) is 3.08. The molecule has 162 valence electrons. The van der Waals surface area contributed by atoms with Gasteiger partial charge in [-0.1, -0.05) is 30.3 Å². The van der Waals surface area contributed by atoms with E-state index in [1.54, 1.807) is 0 Å². The highest BCUT2D eigenvalue weighted by molar-refractivity contribution is 5.78. The van der Waals surface area contributed by atoms with E-state index in [2.05, 4.69) is 45.4 Å². The average Bonchev–Trinajstić information content (AvgIpc) is 3.22. The normalized spacial score (nSPS) is 21.6. The summed E-state index contributed by atoms with van der Waals surface area (Å²) in [7, 11) is 0. The minimum absolute atomic E-state index is 0.103. The Hall–Kier alpha value is -2.11. The Balaban J connectivity index is 1.19. The van der Waals surface area contributed by atoms with Gasteiger partial charge in [0, 0.05) is 19.1 Å². The molecule has 2 aliphatic heterocycles. The molecular formula is C25H35N3O2. The number of aryl methyl sites for hydroxylation is 1. The van der Waals surface area contributed by atoms with Crippen LogP contribution in [0.5, 0.6) is 0 Å². The number of carbonyl (C=O) groups excluding carboxylic acids is 1. The Morgan fingerprint density at radius 3 is 2.60 bits per heavy atom. The van der Waals surface area contributed by atoms with Gasteiger partial charge < -0.3 is 14.6 Å². The molecule has 1 unspecified atom stereocenters. The van der Waals surface area contributed by atoms with Gasteiger partial charge in [0.2, 0.25) is 5.91 Å². The van der Waals surface area contributed by atoms with E-state index in [1.165, 1.54) is 31.5 Å². The van der Waals surface area contributed by atoms with Gasteiger partial charge in [-0.25, -0.2) is 0 Å². The number of benzene rings is 1. The second kappa shape index (κ2) is 10.3. The maximum absolute atomic E-state index is 12.7. The van der Waals surface area contributed by atoms with Crippen molar-refractivity contribution < 1.29 is 9.21 Å². The van der Waals surface area contributed by atoms with Gasteiger partial charge in [0.05, 0.1) is 12.5 Å². The Morgan fingerprint density at radius 2 is 1.87 bits per heavy atom. The van der Waals surface area contributed by atoms with E-state index < -0.39 is 0 Å². The van der Waals surface area contributed by atoms with Crippen molar-refractivity contribution in [3.8, 4) is 0 Å². The molecule has 2 fully saturated rings. The van der Waals surface area contributed by atoms with Crippen LogP contribution in [0.25, 0.3) is 0 Å². The number of nitrogens with one attached hydrogen (secondary N) is 1. The van der Waals surface area contributed by atoms with E-state index >= 15 is 0 Å². The summed E-state index contributed by atoms with van der Waals surface area (Å²) >= 11 is 0. The van der Waals surface area contributed by atoms with Gasteiger partial charge in [0.1, 0.15) is 11.5 Å². The maximum atomic E-state index is 12.7. The lowest BCUT2D eigenvalue weighted by molar-refractivity contribution is -0.127. The van der Waals surface area contributed by atoms with Crippen molar-refractivity contribution in [3.05, 3.63) is 59.5 Å². The van der Waals surface area contributed by atoms with Gasteiger partial charge in [-0.2, -0.15) is 0 Å². The first kappa shape index (κ1) is 21.1. The number of rotatable bonds is 7. The molecule has 0 aliphatic carbocycles. The summed E-state index contributed by atoms with van der Waals surface area (Å²) in [4.78, 5) is 17.9. The molecular weight excluding hydrogens is 374 g/mol. The van der Waals surface area contributed by atoms with Gasteiger partial charge in [-0.3, -0.25) is 9.69 Å². The third-order valence-corrected chi connectivity index (χ3v) is 6.69. The van der Waals surface area contributed by atoms with Crippen LogP contribution >= 0.6 is 0 Å². The molecule has 3 heterocycles. The molecule has 1 aromatic heterocycles. The largest absolute Gasteiger partial charge is 0.465 e. The molecule has 5 nitrogen and oxygen atoms in total. The number of hydrogen-bond acceptors (Lipinski definition) is 4. The molecule has 0 spiro atoms. The molecule has 0 bridgehead atoms. The average molecular weight is 410 g/mol. The van der Waals surface area contributed by atoms with Crippen LogP contribution < -0.4 is 5.32 Å². The molecule has 4 rings (SSSR count). The van der Waals surface area contributed by atoms with Crippen LogP contribution in [-0.4, -0.2) is 54.5 Å². The highest BCUT2D eigenvalue weighted by Crippen LogP contribution is 2.24. The molecule has 1 aromatic carbocycles. The Kier molecular flexibility index (Phi) is 7.24. The maximum Gasteiger partial charge on any atom is 0.224 e. The zero-order chi connectivity index (χ0) is 20.8. The molecule has 2 saturated heterocycles. The minimum atomic E-state index is 0.103. The quantitative estimate of drug-likeness (QED) is 0.759. The van der Waals surface area contributed by atoms with Gasteiger partial charge >= 0.3 is 0 Å². The Morgan fingerprint density at radius 1 is 1.07 bits per heavy atom. The second-order valence-electron chi connectivity index (χ2n) is 8.87. The smallest absolute Gasteiger partial charge is 0.224 e. The molecule has 1 amide bonds. The van der Waals surface area contributed by atoms with Crippen molar-refractivity contribution in [2.75, 3.05) is 32.7 Å². The lowest BCUT2D eigenvalue weighted by Crippen LogP contribution is -2.50. The molecule has 1 atom stereocenters. The minimum Gasteiger partial charge on any atom is -0.465 e. The Labute approximate surface area is 180 Å². The van der Waals surface area contributed by atoms with Crippen molar-refractivity contribution in [1.82, 2.24) is 15.1 Å². The van der Waals surface area contributed by atoms with E-state index in [4.69, 9.17) is 4.42 Å². The fourth-order valence-corrected chi connectivity index (χ4v) is 4.89. The van der Waals surface area contributed by atoms with Gasteiger partial charge in [-0.15, -0.1) is 0 Å². The fourth-order valence-electron chi connectivity index (χ4n) is 4.89. The predicted molar refractivity (Wildman–Crippen MR) is 119 cm³/mol. The number of carbonyl (C=O) groups is 1. The molecule has 0 saturated carbocycles. The van der Waals surface area contributed by atoms with E-state index in [-0.39, 0.29) is 11.8 Å². The first-order valence-electron chi connectivity index (χ1n) is 11.5. The number of amides is 1. The molecule has 2 aromatic rings. The number of likely N-dealkylation sites (tertiary alicyclic amines) is 2. The molecule has 5 heteroatoms. The summed E-state index contributed by atoms with van der Waals surface area (Å²) in [5.74, 6) is 1.99. The van der Waals surface area contributed by atoms with Crippen molar-refractivity contribution in [2.45, 2.75) is 51.6 Å². The summed E-state index contributed by atoms with van der Waals surface area (Å²) in [5.41, 5.74) is 1.43. The monoisotopic (exact) mass is 409 g/mol. The van der Waals surface area contributed by atoms with Crippen LogP contribution in [0, 0.1) is 12.8 Å². The van der Waals surface area contributed by atoms with Crippen LogP contribution in [0.4, 0.5) is 0 Å². The standard InChI is InChI=1S/C25H35N3O2/c1-20-9-10-24(30-20)18-26-25(29)22-8-5-14-28(19-22)23-12-16-27(17-13-23)15-11-21-6-3-2-4-7-21/h2-4,6-7,9-10,22-23H,5,8,11-19H2,1H3,(H,26,29). The summed E-state index contributed by atoms with van der Waals surface area (Å²) in [6.45, 7) is 7.94. The SMILES string of the molecule is Cc1ccc(CNC(=O)C2CCCN(C3CCN(CCc4ccccc4)CC3)C2)o1.